The van der Waals surface area contributed by atoms with Gasteiger partial charge in [-0.2, -0.15) is 0 Å². The Labute approximate surface area is 263 Å². The molecule has 1 aromatic carbocycles. The van der Waals surface area contributed by atoms with Crippen LogP contribution in [0.5, 0.6) is 0 Å². The summed E-state index contributed by atoms with van der Waals surface area (Å²) in [5, 5.41) is 27.7. The van der Waals surface area contributed by atoms with E-state index in [4.69, 9.17) is 17.2 Å². The summed E-state index contributed by atoms with van der Waals surface area (Å²) in [4.78, 5) is 70.1. The van der Waals surface area contributed by atoms with E-state index in [1.807, 2.05) is 44.2 Å². The van der Waals surface area contributed by atoms with Crippen LogP contribution >= 0.6 is 0 Å². The summed E-state index contributed by atoms with van der Waals surface area (Å²) in [6, 6.07) is 3.46. The van der Waals surface area contributed by atoms with E-state index in [2.05, 4.69) is 20.9 Å². The summed E-state index contributed by atoms with van der Waals surface area (Å²) in [6.45, 7) is 5.35. The fourth-order valence-corrected chi connectivity index (χ4v) is 5.10. The van der Waals surface area contributed by atoms with Gasteiger partial charge in [-0.15, -0.1) is 0 Å². The lowest BCUT2D eigenvalue weighted by Crippen LogP contribution is -2.60. The fourth-order valence-electron chi connectivity index (χ4n) is 5.10. The van der Waals surface area contributed by atoms with E-state index < -0.39 is 65.9 Å². The Morgan fingerprint density at radius 3 is 2.24 bits per heavy atom. The molecule has 1 heterocycles. The van der Waals surface area contributed by atoms with Gasteiger partial charge in [-0.1, -0.05) is 44.2 Å². The molecule has 1 fully saturated rings. The van der Waals surface area contributed by atoms with E-state index in [0.717, 1.165) is 5.56 Å². The van der Waals surface area contributed by atoms with Crippen LogP contribution in [0.4, 0.5) is 0 Å². The Balaban J connectivity index is 2.16. The van der Waals surface area contributed by atoms with Gasteiger partial charge in [0.15, 0.2) is 5.96 Å². The molecule has 0 saturated carbocycles. The van der Waals surface area contributed by atoms with Crippen molar-refractivity contribution >= 4 is 35.6 Å². The molecule has 11 N–H and O–H groups in total. The lowest BCUT2D eigenvalue weighted by Gasteiger charge is -2.31. The minimum Gasteiger partial charge on any atom is -0.480 e. The number of hydrogen-bond acceptors (Lipinski definition) is 8. The van der Waals surface area contributed by atoms with Gasteiger partial charge in [0, 0.05) is 13.1 Å². The van der Waals surface area contributed by atoms with E-state index in [1.54, 1.807) is 0 Å². The molecule has 45 heavy (non-hydrogen) atoms. The van der Waals surface area contributed by atoms with E-state index in [1.165, 1.54) is 11.8 Å². The standard InChI is InChI=1S/C30H48N8O7/c1-17(2)15-22(29(44)45)36-26(41)21(11-7-13-34-30(32)33)35-27(42)23-12-8-14-38(23)28(43)24(18(3)39)37-25(40)20(31)16-19-9-5-4-6-10-19/h4-6,9-10,17-18,20-24,39H,7-8,11-16,31H2,1-3H3,(H,35,42)(H,36,41)(H,37,40)(H,44,45)(H4,32,33,34)/t18-,20+,21+,22+,23+,24+/m1/s1. The van der Waals surface area contributed by atoms with Crippen molar-refractivity contribution in [2.45, 2.75) is 95.6 Å². The number of guanidine groups is 1. The predicted molar refractivity (Wildman–Crippen MR) is 167 cm³/mol. The fraction of sp³-hybridized carbons (Fsp3) is 0.600. The van der Waals surface area contributed by atoms with Crippen molar-refractivity contribution in [3.63, 3.8) is 0 Å². The second-order valence-electron chi connectivity index (χ2n) is 11.8. The number of carboxylic acids is 1. The van der Waals surface area contributed by atoms with Crippen molar-refractivity contribution in [3.05, 3.63) is 35.9 Å². The third kappa shape index (κ3) is 12.0. The van der Waals surface area contributed by atoms with Gasteiger partial charge in [0.25, 0.3) is 0 Å². The van der Waals surface area contributed by atoms with Crippen LogP contribution in [0.25, 0.3) is 0 Å². The van der Waals surface area contributed by atoms with E-state index in [0.29, 0.717) is 12.8 Å². The highest BCUT2D eigenvalue weighted by Gasteiger charge is 2.40. The quantitative estimate of drug-likeness (QED) is 0.0564. The van der Waals surface area contributed by atoms with Gasteiger partial charge in [0.1, 0.15) is 24.2 Å². The third-order valence-corrected chi connectivity index (χ3v) is 7.42. The molecule has 0 bridgehead atoms. The number of benzene rings is 1. The molecule has 1 aromatic rings. The number of likely N-dealkylation sites (tertiary alicyclic amines) is 1. The van der Waals surface area contributed by atoms with Crippen molar-refractivity contribution in [1.82, 2.24) is 20.9 Å². The molecular weight excluding hydrogens is 584 g/mol. The van der Waals surface area contributed by atoms with Crippen molar-refractivity contribution in [2.24, 2.45) is 28.1 Å². The third-order valence-electron chi connectivity index (χ3n) is 7.42. The van der Waals surface area contributed by atoms with Gasteiger partial charge in [0.2, 0.25) is 23.6 Å². The van der Waals surface area contributed by atoms with E-state index in [-0.39, 0.29) is 50.7 Å². The Morgan fingerprint density at radius 1 is 1.00 bits per heavy atom. The molecule has 250 valence electrons. The average molecular weight is 633 g/mol. The Bertz CT molecular complexity index is 1190. The van der Waals surface area contributed by atoms with Crippen LogP contribution in [-0.2, 0) is 30.4 Å². The van der Waals surface area contributed by atoms with Crippen molar-refractivity contribution in [2.75, 3.05) is 13.1 Å². The van der Waals surface area contributed by atoms with Crippen molar-refractivity contribution < 1.29 is 34.2 Å². The van der Waals surface area contributed by atoms with Crippen LogP contribution in [0, 0.1) is 5.92 Å². The molecule has 0 aromatic heterocycles. The lowest BCUT2D eigenvalue weighted by molar-refractivity contribution is -0.145. The van der Waals surface area contributed by atoms with Crippen LogP contribution < -0.4 is 33.2 Å². The summed E-state index contributed by atoms with van der Waals surface area (Å²) >= 11 is 0. The maximum atomic E-state index is 13.6. The molecule has 2 rings (SSSR count). The number of hydrogen-bond donors (Lipinski definition) is 8. The van der Waals surface area contributed by atoms with Crippen LogP contribution in [0.15, 0.2) is 35.3 Å². The molecule has 0 aliphatic carbocycles. The topological polar surface area (TPSA) is 256 Å². The number of nitrogens with two attached hydrogens (primary N) is 3. The normalized spacial score (nSPS) is 17.8. The van der Waals surface area contributed by atoms with Gasteiger partial charge in [-0.3, -0.25) is 24.2 Å². The summed E-state index contributed by atoms with van der Waals surface area (Å²) < 4.78 is 0. The first-order valence-electron chi connectivity index (χ1n) is 15.2. The Kier molecular flexibility index (Phi) is 14.7. The molecule has 0 radical (unpaired) electrons. The van der Waals surface area contributed by atoms with Crippen LogP contribution in [-0.4, -0.2) is 100 Å². The smallest absolute Gasteiger partial charge is 0.326 e. The number of aliphatic carboxylic acids is 1. The summed E-state index contributed by atoms with van der Waals surface area (Å²) in [6.07, 6.45) is 0.238. The Morgan fingerprint density at radius 2 is 1.67 bits per heavy atom. The number of aliphatic imine (C=N–C) groups is 1. The van der Waals surface area contributed by atoms with Crippen LogP contribution in [0.3, 0.4) is 0 Å². The number of nitrogens with one attached hydrogen (secondary N) is 3. The summed E-state index contributed by atoms with van der Waals surface area (Å²) in [5.41, 5.74) is 17.6. The number of carboxylic acid groups (broad SMARTS) is 1. The second kappa shape index (κ2) is 17.9. The monoisotopic (exact) mass is 632 g/mol. The molecule has 0 spiro atoms. The number of amides is 4. The molecule has 0 unspecified atom stereocenters. The minimum absolute atomic E-state index is 0.0189. The van der Waals surface area contributed by atoms with Crippen LogP contribution in [0.2, 0.25) is 0 Å². The average Bonchev–Trinajstić information content (AvgIpc) is 3.46. The molecule has 1 aliphatic heterocycles. The maximum absolute atomic E-state index is 13.6. The van der Waals surface area contributed by atoms with Crippen molar-refractivity contribution in [1.29, 1.82) is 0 Å². The molecule has 6 atom stereocenters. The summed E-state index contributed by atoms with van der Waals surface area (Å²) in [5.74, 6) is -3.98. The number of carbonyl (C=O) groups excluding carboxylic acids is 4. The molecule has 15 heteroatoms. The number of rotatable bonds is 17. The predicted octanol–water partition coefficient (Wildman–Crippen LogP) is -1.43. The number of nitrogens with zero attached hydrogens (tertiary/aromatic N) is 2. The number of aliphatic hydroxyl groups excluding tert-OH is 1. The minimum atomic E-state index is -1.36. The highest BCUT2D eigenvalue weighted by Crippen LogP contribution is 2.20. The first-order valence-corrected chi connectivity index (χ1v) is 15.2. The summed E-state index contributed by atoms with van der Waals surface area (Å²) in [7, 11) is 0. The maximum Gasteiger partial charge on any atom is 0.326 e. The molecule has 1 aliphatic rings. The van der Waals surface area contributed by atoms with Gasteiger partial charge in [0.05, 0.1) is 12.1 Å². The first kappa shape index (κ1) is 36.9. The van der Waals surface area contributed by atoms with E-state index in [9.17, 15) is 34.2 Å². The highest BCUT2D eigenvalue weighted by molar-refractivity contribution is 5.96. The largest absolute Gasteiger partial charge is 0.480 e. The van der Waals surface area contributed by atoms with E-state index >= 15 is 0 Å². The van der Waals surface area contributed by atoms with Crippen molar-refractivity contribution in [3.8, 4) is 0 Å². The number of carbonyl (C=O) groups is 5. The molecule has 15 nitrogen and oxygen atoms in total. The zero-order chi connectivity index (χ0) is 33.7. The molecule has 1 saturated heterocycles. The zero-order valence-electron chi connectivity index (χ0n) is 26.1. The second-order valence-corrected chi connectivity index (χ2v) is 11.8. The molecular formula is C30H48N8O7. The van der Waals surface area contributed by atoms with Gasteiger partial charge in [-0.25, -0.2) is 4.79 Å². The van der Waals surface area contributed by atoms with Gasteiger partial charge >= 0.3 is 5.97 Å². The van der Waals surface area contributed by atoms with Gasteiger partial charge < -0.3 is 48.3 Å². The molecule has 4 amide bonds. The zero-order valence-corrected chi connectivity index (χ0v) is 26.1. The van der Waals surface area contributed by atoms with Gasteiger partial charge in [-0.05, 0) is 56.9 Å². The lowest BCUT2D eigenvalue weighted by atomic mass is 10.0. The number of aliphatic hydroxyl groups is 1. The highest BCUT2D eigenvalue weighted by atomic mass is 16.4. The first-order chi connectivity index (χ1) is 21.2. The Hall–Kier alpha value is -4.24. The SMILES string of the molecule is CC(C)C[C@H](NC(=O)[C@H](CCCN=C(N)N)NC(=O)[C@@H]1CCCN1C(=O)[C@@H](NC(=O)[C@@H](N)Cc1ccccc1)[C@@H](C)O)C(=O)O. The van der Waals surface area contributed by atoms with Crippen LogP contribution in [0.1, 0.15) is 58.4 Å².